The Morgan fingerprint density at radius 2 is 2.35 bits per heavy atom. The van der Waals surface area contributed by atoms with Gasteiger partial charge in [0.15, 0.2) is 10.8 Å². The maximum Gasteiger partial charge on any atom is 0.250 e. The molecule has 3 rings (SSSR count). The number of hydrogen-bond donors (Lipinski definition) is 2. The molecule has 0 aliphatic carbocycles. The second-order valence-electron chi connectivity index (χ2n) is 5.04. The van der Waals surface area contributed by atoms with E-state index in [9.17, 15) is 4.79 Å². The molecule has 1 amide bonds. The smallest absolute Gasteiger partial charge is 0.250 e. The van der Waals surface area contributed by atoms with E-state index in [0.717, 1.165) is 17.1 Å². The summed E-state index contributed by atoms with van der Waals surface area (Å²) in [7, 11) is 0. The van der Waals surface area contributed by atoms with Gasteiger partial charge < -0.3 is 19.9 Å². The Bertz CT molecular complexity index is 820. The monoisotopic (exact) mass is 332 g/mol. The second kappa shape index (κ2) is 6.35. The molecule has 0 aromatic carbocycles. The fraction of sp³-hybridized carbons (Fsp3) is 0.267. The highest BCUT2D eigenvalue weighted by molar-refractivity contribution is 7.13. The highest BCUT2D eigenvalue weighted by Crippen LogP contribution is 2.31. The second-order valence-corrected chi connectivity index (χ2v) is 5.89. The first-order valence-corrected chi connectivity index (χ1v) is 7.97. The Balaban J connectivity index is 2.04. The largest absolute Gasteiger partial charge is 0.396 e. The lowest BCUT2D eigenvalue weighted by atomic mass is 10.2. The molecule has 0 aliphatic heterocycles. The van der Waals surface area contributed by atoms with Gasteiger partial charge in [0.2, 0.25) is 0 Å². The highest BCUT2D eigenvalue weighted by atomic mass is 32.1. The third-order valence-electron chi connectivity index (χ3n) is 3.59. The minimum atomic E-state index is -0.475. The van der Waals surface area contributed by atoms with Crippen molar-refractivity contribution < 1.29 is 14.4 Å². The van der Waals surface area contributed by atoms with Crippen molar-refractivity contribution in [1.82, 2.24) is 14.7 Å². The molecule has 0 aliphatic rings. The van der Waals surface area contributed by atoms with Crippen molar-refractivity contribution in [2.75, 3.05) is 6.61 Å². The number of nitrogens with two attached hydrogens (primary N) is 1. The van der Waals surface area contributed by atoms with E-state index < -0.39 is 5.91 Å². The summed E-state index contributed by atoms with van der Waals surface area (Å²) in [6, 6.07) is 3.49. The van der Waals surface area contributed by atoms with Gasteiger partial charge in [0.25, 0.3) is 5.91 Å². The molecule has 0 fully saturated rings. The summed E-state index contributed by atoms with van der Waals surface area (Å²) in [5, 5.41) is 15.4. The van der Waals surface area contributed by atoms with Gasteiger partial charge in [-0.25, -0.2) is 4.98 Å². The Labute approximate surface area is 136 Å². The van der Waals surface area contributed by atoms with Crippen molar-refractivity contribution in [3.8, 4) is 22.2 Å². The van der Waals surface area contributed by atoms with E-state index in [4.69, 9.17) is 15.4 Å². The van der Waals surface area contributed by atoms with Crippen molar-refractivity contribution in [2.24, 2.45) is 5.73 Å². The summed E-state index contributed by atoms with van der Waals surface area (Å²) >= 11 is 1.43. The van der Waals surface area contributed by atoms with Crippen LogP contribution in [0.15, 0.2) is 28.2 Å². The minimum absolute atomic E-state index is 0.0728. The van der Waals surface area contributed by atoms with Crippen LogP contribution in [0.1, 0.15) is 22.5 Å². The van der Waals surface area contributed by atoms with Crippen LogP contribution in [0.25, 0.3) is 22.2 Å². The van der Waals surface area contributed by atoms with Crippen LogP contribution in [-0.4, -0.2) is 32.3 Å². The number of aromatic nitrogens is 3. The third kappa shape index (κ3) is 2.90. The fourth-order valence-corrected chi connectivity index (χ4v) is 3.22. The van der Waals surface area contributed by atoms with Crippen molar-refractivity contribution in [3.63, 3.8) is 0 Å². The molecule has 120 valence electrons. The average Bonchev–Trinajstić information content (AvgIpc) is 3.24. The van der Waals surface area contributed by atoms with E-state index in [1.165, 1.54) is 11.3 Å². The molecule has 0 radical (unpaired) electrons. The number of amides is 1. The van der Waals surface area contributed by atoms with Gasteiger partial charge in [-0.05, 0) is 19.4 Å². The van der Waals surface area contributed by atoms with Gasteiger partial charge in [-0.15, -0.1) is 11.3 Å². The molecule has 0 unspecified atom stereocenters. The lowest BCUT2D eigenvalue weighted by Crippen LogP contribution is -2.12. The van der Waals surface area contributed by atoms with Crippen LogP contribution in [0.5, 0.6) is 0 Å². The Morgan fingerprint density at radius 3 is 3.00 bits per heavy atom. The first-order valence-electron chi connectivity index (χ1n) is 7.09. The maximum atomic E-state index is 11.6. The number of thiazole rings is 1. The lowest BCUT2D eigenvalue weighted by Gasteiger charge is -2.09. The third-order valence-corrected chi connectivity index (χ3v) is 4.44. The SMILES string of the molecule is Cc1c(C(N)=O)cc(-c2csc(-c3ccno3)n2)n1CCCO. The zero-order valence-electron chi connectivity index (χ0n) is 12.5. The molecule has 7 nitrogen and oxygen atoms in total. The molecule has 0 atom stereocenters. The molecule has 0 saturated heterocycles. The molecular weight excluding hydrogens is 316 g/mol. The Morgan fingerprint density at radius 1 is 1.52 bits per heavy atom. The van der Waals surface area contributed by atoms with E-state index >= 15 is 0 Å². The zero-order chi connectivity index (χ0) is 16.4. The van der Waals surface area contributed by atoms with Crippen LogP contribution in [0.3, 0.4) is 0 Å². The topological polar surface area (TPSA) is 107 Å². The molecule has 0 bridgehead atoms. The van der Waals surface area contributed by atoms with Gasteiger partial charge in [0.05, 0.1) is 23.1 Å². The summed E-state index contributed by atoms with van der Waals surface area (Å²) in [4.78, 5) is 16.2. The first-order chi connectivity index (χ1) is 11.1. The highest BCUT2D eigenvalue weighted by Gasteiger charge is 2.19. The van der Waals surface area contributed by atoms with Gasteiger partial charge in [0.1, 0.15) is 0 Å². The zero-order valence-corrected chi connectivity index (χ0v) is 13.3. The molecule has 0 saturated carbocycles. The molecule has 8 heteroatoms. The van der Waals surface area contributed by atoms with E-state index in [1.807, 2.05) is 16.9 Å². The fourth-order valence-electron chi connectivity index (χ4n) is 2.45. The molecule has 3 heterocycles. The standard InChI is InChI=1S/C15H16N4O3S/c1-9-10(14(16)21)7-12(19(9)5-2-6-20)11-8-23-15(18-11)13-3-4-17-22-13/h3-4,7-8,20H,2,5-6H2,1H3,(H2,16,21). The van der Waals surface area contributed by atoms with E-state index in [1.54, 1.807) is 18.3 Å². The van der Waals surface area contributed by atoms with Crippen molar-refractivity contribution >= 4 is 17.2 Å². The van der Waals surface area contributed by atoms with Gasteiger partial charge in [-0.3, -0.25) is 4.79 Å². The Kier molecular flexibility index (Phi) is 4.26. The summed E-state index contributed by atoms with van der Waals surface area (Å²) in [6.07, 6.45) is 2.15. The van der Waals surface area contributed by atoms with Gasteiger partial charge in [-0.2, -0.15) is 0 Å². The van der Waals surface area contributed by atoms with E-state index in [0.29, 0.717) is 29.3 Å². The quantitative estimate of drug-likeness (QED) is 0.718. The lowest BCUT2D eigenvalue weighted by molar-refractivity contribution is 0.0999. The Hall–Kier alpha value is -2.45. The van der Waals surface area contributed by atoms with Crippen molar-refractivity contribution in [2.45, 2.75) is 19.9 Å². The predicted molar refractivity (Wildman–Crippen MR) is 86.0 cm³/mol. The van der Waals surface area contributed by atoms with E-state index in [2.05, 4.69) is 10.1 Å². The number of carbonyl (C=O) groups is 1. The summed E-state index contributed by atoms with van der Waals surface area (Å²) in [5.41, 5.74) is 8.21. The normalized spacial score (nSPS) is 11.0. The molecular formula is C15H16N4O3S. The number of carbonyl (C=O) groups excluding carboxylic acids is 1. The van der Waals surface area contributed by atoms with Gasteiger partial charge in [-0.1, -0.05) is 5.16 Å². The number of nitrogens with zero attached hydrogens (tertiary/aromatic N) is 3. The van der Waals surface area contributed by atoms with Crippen LogP contribution in [-0.2, 0) is 6.54 Å². The van der Waals surface area contributed by atoms with Crippen LogP contribution < -0.4 is 5.73 Å². The number of hydrogen-bond acceptors (Lipinski definition) is 6. The predicted octanol–water partition coefficient (Wildman–Crippen LogP) is 2.06. The molecule has 23 heavy (non-hydrogen) atoms. The molecule has 0 spiro atoms. The maximum absolute atomic E-state index is 11.6. The number of rotatable bonds is 6. The van der Waals surface area contributed by atoms with Crippen molar-refractivity contribution in [3.05, 3.63) is 35.0 Å². The summed E-state index contributed by atoms with van der Waals surface area (Å²) in [5.74, 6) is 0.124. The minimum Gasteiger partial charge on any atom is -0.396 e. The molecule has 3 aromatic rings. The van der Waals surface area contributed by atoms with Crippen LogP contribution >= 0.6 is 11.3 Å². The van der Waals surface area contributed by atoms with Crippen LogP contribution in [0, 0.1) is 6.92 Å². The number of aliphatic hydroxyl groups is 1. The van der Waals surface area contributed by atoms with Crippen molar-refractivity contribution in [1.29, 1.82) is 0 Å². The van der Waals surface area contributed by atoms with Crippen LogP contribution in [0.2, 0.25) is 0 Å². The summed E-state index contributed by atoms with van der Waals surface area (Å²) < 4.78 is 7.07. The molecule has 3 aromatic heterocycles. The van der Waals surface area contributed by atoms with Gasteiger partial charge >= 0.3 is 0 Å². The van der Waals surface area contributed by atoms with Gasteiger partial charge in [0, 0.05) is 30.3 Å². The van der Waals surface area contributed by atoms with Crippen LogP contribution in [0.4, 0.5) is 0 Å². The number of primary amides is 1. The van der Waals surface area contributed by atoms with E-state index in [-0.39, 0.29) is 6.61 Å². The summed E-state index contributed by atoms with van der Waals surface area (Å²) in [6.45, 7) is 2.49. The molecule has 3 N–H and O–H groups in total. The number of aliphatic hydroxyl groups excluding tert-OH is 1. The average molecular weight is 332 g/mol. The first kappa shape index (κ1) is 15.4.